The molecule has 0 bridgehead atoms. The molecule has 1 aromatic carbocycles. The lowest BCUT2D eigenvalue weighted by Crippen LogP contribution is -2.25. The molecule has 0 saturated carbocycles. The summed E-state index contributed by atoms with van der Waals surface area (Å²) in [4.78, 5) is 16.0. The van der Waals surface area contributed by atoms with Crippen LogP contribution in [0.15, 0.2) is 35.7 Å². The van der Waals surface area contributed by atoms with Gasteiger partial charge in [-0.1, -0.05) is 26.0 Å². The van der Waals surface area contributed by atoms with Gasteiger partial charge in [-0.3, -0.25) is 4.79 Å². The van der Waals surface area contributed by atoms with Crippen molar-refractivity contribution in [1.82, 2.24) is 10.3 Å². The number of nitrogens with zero attached hydrogens (tertiary/aromatic N) is 1. The van der Waals surface area contributed by atoms with E-state index in [1.54, 1.807) is 23.5 Å². The van der Waals surface area contributed by atoms with E-state index >= 15 is 0 Å². The third-order valence-electron chi connectivity index (χ3n) is 3.05. The lowest BCUT2D eigenvalue weighted by atomic mass is 10.2. The van der Waals surface area contributed by atoms with Crippen molar-refractivity contribution in [3.63, 3.8) is 0 Å². The zero-order chi connectivity index (χ0) is 16.7. The van der Waals surface area contributed by atoms with Crippen LogP contribution in [0.5, 0.6) is 5.75 Å². The molecule has 0 saturated heterocycles. The van der Waals surface area contributed by atoms with E-state index in [1.807, 2.05) is 36.6 Å². The number of hydrogen-bond acceptors (Lipinski definition) is 4. The van der Waals surface area contributed by atoms with Crippen LogP contribution in [0, 0.1) is 12.8 Å². The number of nitrogens with one attached hydrogen (secondary N) is 1. The molecular formula is C18H22N2O2S. The van der Waals surface area contributed by atoms with Crippen molar-refractivity contribution >= 4 is 23.3 Å². The van der Waals surface area contributed by atoms with Gasteiger partial charge < -0.3 is 10.1 Å². The first kappa shape index (κ1) is 17.2. The molecule has 1 N–H and O–H groups in total. The zero-order valence-corrected chi connectivity index (χ0v) is 14.5. The van der Waals surface area contributed by atoms with Crippen molar-refractivity contribution in [2.75, 3.05) is 6.54 Å². The Balaban J connectivity index is 1.83. The van der Waals surface area contributed by atoms with Crippen molar-refractivity contribution in [3.8, 4) is 5.75 Å². The van der Waals surface area contributed by atoms with E-state index in [4.69, 9.17) is 4.74 Å². The molecule has 1 heterocycles. The van der Waals surface area contributed by atoms with Crippen LogP contribution in [0.25, 0.3) is 6.08 Å². The lowest BCUT2D eigenvalue weighted by Gasteiger charge is -2.05. The largest absolute Gasteiger partial charge is 0.487 e. The van der Waals surface area contributed by atoms with E-state index in [2.05, 4.69) is 24.1 Å². The van der Waals surface area contributed by atoms with Gasteiger partial charge in [-0.2, -0.15) is 0 Å². The Morgan fingerprint density at radius 2 is 2.09 bits per heavy atom. The highest BCUT2D eigenvalue weighted by Crippen LogP contribution is 2.16. The molecule has 2 aromatic rings. The summed E-state index contributed by atoms with van der Waals surface area (Å²) in [6, 6.07) is 7.64. The van der Waals surface area contributed by atoms with Crippen molar-refractivity contribution in [2.24, 2.45) is 5.92 Å². The number of aryl methyl sites for hydroxylation is 1. The Labute approximate surface area is 141 Å². The molecule has 1 amide bonds. The van der Waals surface area contributed by atoms with Crippen molar-refractivity contribution in [1.29, 1.82) is 0 Å². The van der Waals surface area contributed by atoms with E-state index in [1.165, 1.54) is 0 Å². The molecule has 1 aromatic heterocycles. The van der Waals surface area contributed by atoms with Gasteiger partial charge in [-0.15, -0.1) is 11.3 Å². The van der Waals surface area contributed by atoms with Crippen LogP contribution in [0.2, 0.25) is 0 Å². The molecule has 0 fully saturated rings. The fourth-order valence-electron chi connectivity index (χ4n) is 1.84. The monoisotopic (exact) mass is 330 g/mol. The summed E-state index contributed by atoms with van der Waals surface area (Å²) in [5, 5.41) is 5.89. The summed E-state index contributed by atoms with van der Waals surface area (Å²) < 4.78 is 5.69. The smallest absolute Gasteiger partial charge is 0.244 e. The summed E-state index contributed by atoms with van der Waals surface area (Å²) in [7, 11) is 0. The molecule has 0 aliphatic rings. The molecule has 0 aliphatic carbocycles. The van der Waals surface area contributed by atoms with Gasteiger partial charge in [0.25, 0.3) is 0 Å². The summed E-state index contributed by atoms with van der Waals surface area (Å²) in [6.07, 6.45) is 3.35. The van der Waals surface area contributed by atoms with Crippen LogP contribution < -0.4 is 10.1 Å². The first-order valence-corrected chi connectivity index (χ1v) is 8.50. The second kappa shape index (κ2) is 8.48. The second-order valence-corrected chi connectivity index (χ2v) is 6.75. The number of hydrogen-bond donors (Lipinski definition) is 1. The summed E-state index contributed by atoms with van der Waals surface area (Å²) in [6.45, 7) is 7.26. The number of amides is 1. The van der Waals surface area contributed by atoms with Crippen LogP contribution in [-0.4, -0.2) is 17.4 Å². The highest BCUT2D eigenvalue weighted by atomic mass is 32.1. The third-order valence-corrected chi connectivity index (χ3v) is 3.87. The van der Waals surface area contributed by atoms with Gasteiger partial charge in [-0.05, 0) is 36.6 Å². The number of aromatic nitrogens is 1. The minimum atomic E-state index is -0.0714. The Hall–Kier alpha value is -2.14. The molecule has 0 aliphatic heterocycles. The predicted octanol–water partition coefficient (Wildman–Crippen LogP) is 3.82. The van der Waals surface area contributed by atoms with E-state index in [9.17, 15) is 4.79 Å². The number of ether oxygens (including phenoxy) is 1. The minimum Gasteiger partial charge on any atom is -0.487 e. The standard InChI is InChI=1S/C18H22N2O2S/c1-13(2)10-19-18(21)9-6-15-4-7-17(8-5-15)22-11-16-12-23-14(3)20-16/h4-9,12-13H,10-11H2,1-3H3,(H,19,21)/b9-6+. The SMILES string of the molecule is Cc1nc(COc2ccc(/C=C/C(=O)NCC(C)C)cc2)cs1. The van der Waals surface area contributed by atoms with Crippen LogP contribution >= 0.6 is 11.3 Å². The van der Waals surface area contributed by atoms with Crippen molar-refractivity contribution in [3.05, 3.63) is 52.0 Å². The molecule has 23 heavy (non-hydrogen) atoms. The Bertz CT molecular complexity index is 660. The average Bonchev–Trinajstić information content (AvgIpc) is 2.95. The number of carbonyl (C=O) groups excluding carboxylic acids is 1. The number of benzene rings is 1. The average molecular weight is 330 g/mol. The highest BCUT2D eigenvalue weighted by Gasteiger charge is 2.00. The van der Waals surface area contributed by atoms with Gasteiger partial charge in [0.15, 0.2) is 0 Å². The Kier molecular flexibility index (Phi) is 6.35. The molecule has 2 rings (SSSR count). The summed E-state index contributed by atoms with van der Waals surface area (Å²) >= 11 is 1.62. The zero-order valence-electron chi connectivity index (χ0n) is 13.7. The second-order valence-electron chi connectivity index (χ2n) is 5.69. The summed E-state index contributed by atoms with van der Waals surface area (Å²) in [5.41, 5.74) is 1.90. The maximum absolute atomic E-state index is 11.6. The predicted molar refractivity (Wildman–Crippen MR) is 94.5 cm³/mol. The molecule has 5 heteroatoms. The molecule has 4 nitrogen and oxygen atoms in total. The normalized spacial score (nSPS) is 11.1. The number of thiazole rings is 1. The molecule has 0 spiro atoms. The quantitative estimate of drug-likeness (QED) is 0.785. The van der Waals surface area contributed by atoms with Crippen molar-refractivity contribution in [2.45, 2.75) is 27.4 Å². The molecule has 0 atom stereocenters. The lowest BCUT2D eigenvalue weighted by molar-refractivity contribution is -0.116. The van der Waals surface area contributed by atoms with Gasteiger partial charge >= 0.3 is 0 Å². The van der Waals surface area contributed by atoms with Gasteiger partial charge in [0.2, 0.25) is 5.91 Å². The van der Waals surface area contributed by atoms with Gasteiger partial charge in [-0.25, -0.2) is 4.98 Å². The number of rotatable bonds is 7. The Morgan fingerprint density at radius 1 is 1.35 bits per heavy atom. The molecular weight excluding hydrogens is 308 g/mol. The molecule has 0 unspecified atom stereocenters. The molecule has 0 radical (unpaired) electrons. The van der Waals surface area contributed by atoms with E-state index in [0.29, 0.717) is 19.1 Å². The van der Waals surface area contributed by atoms with E-state index < -0.39 is 0 Å². The first-order chi connectivity index (χ1) is 11.0. The maximum Gasteiger partial charge on any atom is 0.244 e. The third kappa shape index (κ3) is 6.24. The number of carbonyl (C=O) groups is 1. The van der Waals surface area contributed by atoms with Crippen LogP contribution in [-0.2, 0) is 11.4 Å². The highest BCUT2D eigenvalue weighted by molar-refractivity contribution is 7.09. The fourth-order valence-corrected chi connectivity index (χ4v) is 2.44. The fraction of sp³-hybridized carbons (Fsp3) is 0.333. The van der Waals surface area contributed by atoms with Crippen LogP contribution in [0.4, 0.5) is 0 Å². The summed E-state index contributed by atoms with van der Waals surface area (Å²) in [5.74, 6) is 1.17. The van der Waals surface area contributed by atoms with Gasteiger partial charge in [0.1, 0.15) is 12.4 Å². The van der Waals surface area contributed by atoms with Gasteiger partial charge in [0.05, 0.1) is 10.7 Å². The minimum absolute atomic E-state index is 0.0714. The van der Waals surface area contributed by atoms with Crippen LogP contribution in [0.3, 0.4) is 0 Å². The topological polar surface area (TPSA) is 51.2 Å². The van der Waals surface area contributed by atoms with Gasteiger partial charge in [0, 0.05) is 18.0 Å². The van der Waals surface area contributed by atoms with Crippen LogP contribution in [0.1, 0.15) is 30.1 Å². The van der Waals surface area contributed by atoms with E-state index in [-0.39, 0.29) is 5.91 Å². The molecule has 122 valence electrons. The first-order valence-electron chi connectivity index (χ1n) is 7.62. The van der Waals surface area contributed by atoms with E-state index in [0.717, 1.165) is 22.0 Å². The Morgan fingerprint density at radius 3 is 2.70 bits per heavy atom. The maximum atomic E-state index is 11.6. The van der Waals surface area contributed by atoms with Crippen molar-refractivity contribution < 1.29 is 9.53 Å².